The van der Waals surface area contributed by atoms with Crippen LogP contribution in [0.3, 0.4) is 0 Å². The van der Waals surface area contributed by atoms with Crippen LogP contribution >= 0.6 is 0 Å². The number of nitrogens with zero attached hydrogens (tertiary/aromatic N) is 1. The summed E-state index contributed by atoms with van der Waals surface area (Å²) in [6.45, 7) is 4.42. The van der Waals surface area contributed by atoms with Gasteiger partial charge in [0.15, 0.2) is 0 Å². The molecule has 16 heavy (non-hydrogen) atoms. The van der Waals surface area contributed by atoms with Gasteiger partial charge in [0, 0.05) is 12.4 Å². The molecule has 2 heteroatoms. The Morgan fingerprint density at radius 2 is 1.94 bits per heavy atom. The van der Waals surface area contributed by atoms with Gasteiger partial charge in [0.05, 0.1) is 6.10 Å². The predicted molar refractivity (Wildman–Crippen MR) is 67.3 cm³/mol. The van der Waals surface area contributed by atoms with Gasteiger partial charge in [-0.25, -0.2) is 0 Å². The van der Waals surface area contributed by atoms with E-state index in [0.717, 1.165) is 19.3 Å². The highest BCUT2D eigenvalue weighted by Crippen LogP contribution is 2.15. The lowest BCUT2D eigenvalue weighted by atomic mass is 9.95. The first-order valence-corrected chi connectivity index (χ1v) is 6.29. The van der Waals surface area contributed by atoms with Crippen molar-refractivity contribution >= 4 is 0 Å². The summed E-state index contributed by atoms with van der Waals surface area (Å²) in [5.74, 6) is 0.637. The van der Waals surface area contributed by atoms with E-state index in [4.69, 9.17) is 0 Å². The molecular weight excluding hydrogens is 198 g/mol. The number of aryl methyl sites for hydroxylation is 1. The zero-order valence-electron chi connectivity index (χ0n) is 10.4. The summed E-state index contributed by atoms with van der Waals surface area (Å²) in [4.78, 5) is 3.98. The molecule has 2 nitrogen and oxygen atoms in total. The molecule has 0 aliphatic rings. The van der Waals surface area contributed by atoms with Crippen LogP contribution in [0.2, 0.25) is 0 Å². The molecule has 0 radical (unpaired) electrons. The molecule has 90 valence electrons. The first-order valence-electron chi connectivity index (χ1n) is 6.29. The third-order valence-electron chi connectivity index (χ3n) is 2.97. The summed E-state index contributed by atoms with van der Waals surface area (Å²) in [5.41, 5.74) is 1.26. The average molecular weight is 221 g/mol. The largest absolute Gasteiger partial charge is 0.393 e. The van der Waals surface area contributed by atoms with Gasteiger partial charge in [-0.05, 0) is 42.9 Å². The molecule has 1 rings (SSSR count). The maximum absolute atomic E-state index is 9.89. The van der Waals surface area contributed by atoms with Gasteiger partial charge in [-0.3, -0.25) is 4.98 Å². The summed E-state index contributed by atoms with van der Waals surface area (Å²) in [7, 11) is 0. The van der Waals surface area contributed by atoms with Gasteiger partial charge in [0.2, 0.25) is 0 Å². The summed E-state index contributed by atoms with van der Waals surface area (Å²) in [6.07, 6.45) is 8.61. The second-order valence-electron chi connectivity index (χ2n) is 4.68. The lowest BCUT2D eigenvalue weighted by Crippen LogP contribution is -2.12. The Morgan fingerprint density at radius 1 is 1.25 bits per heavy atom. The Balaban J connectivity index is 2.22. The van der Waals surface area contributed by atoms with Gasteiger partial charge < -0.3 is 5.11 Å². The third kappa shape index (κ3) is 5.26. The molecule has 1 aromatic rings. The number of aromatic nitrogens is 1. The fraction of sp³-hybridized carbons (Fsp3) is 0.643. The number of aliphatic hydroxyl groups excluding tert-OH is 1. The smallest absolute Gasteiger partial charge is 0.0546 e. The van der Waals surface area contributed by atoms with Crippen molar-refractivity contribution in [3.8, 4) is 0 Å². The topological polar surface area (TPSA) is 33.1 Å². The third-order valence-corrected chi connectivity index (χ3v) is 2.97. The van der Waals surface area contributed by atoms with Gasteiger partial charge in [0.1, 0.15) is 0 Å². The molecule has 0 saturated carbocycles. The Hall–Kier alpha value is -0.890. The highest BCUT2D eigenvalue weighted by molar-refractivity contribution is 5.09. The fourth-order valence-electron chi connectivity index (χ4n) is 2.08. The highest BCUT2D eigenvalue weighted by atomic mass is 16.3. The molecule has 2 unspecified atom stereocenters. The van der Waals surface area contributed by atoms with Crippen molar-refractivity contribution < 1.29 is 5.11 Å². The standard InChI is InChI=1S/C14H23NO/c1-3-4-12(2)11-14(16)6-5-13-7-9-15-10-8-13/h7-10,12,14,16H,3-6,11H2,1-2H3. The number of pyridine rings is 1. The van der Waals surface area contributed by atoms with Gasteiger partial charge in [-0.2, -0.15) is 0 Å². The van der Waals surface area contributed by atoms with Crippen molar-refractivity contribution in [1.29, 1.82) is 0 Å². The van der Waals surface area contributed by atoms with Crippen molar-refractivity contribution in [1.82, 2.24) is 4.98 Å². The first-order chi connectivity index (χ1) is 7.72. The quantitative estimate of drug-likeness (QED) is 0.767. The molecule has 0 spiro atoms. The minimum Gasteiger partial charge on any atom is -0.393 e. The molecule has 0 aliphatic heterocycles. The molecule has 1 aromatic heterocycles. The van der Waals surface area contributed by atoms with Crippen LogP contribution in [-0.2, 0) is 6.42 Å². The van der Waals surface area contributed by atoms with E-state index in [1.807, 2.05) is 12.1 Å². The van der Waals surface area contributed by atoms with E-state index in [1.165, 1.54) is 18.4 Å². The summed E-state index contributed by atoms with van der Waals surface area (Å²) in [6, 6.07) is 4.03. The van der Waals surface area contributed by atoms with Crippen LogP contribution in [0.25, 0.3) is 0 Å². The number of rotatable bonds is 7. The van der Waals surface area contributed by atoms with Crippen LogP contribution in [0, 0.1) is 5.92 Å². The fourth-order valence-corrected chi connectivity index (χ4v) is 2.08. The summed E-state index contributed by atoms with van der Waals surface area (Å²) >= 11 is 0. The van der Waals surface area contributed by atoms with E-state index in [1.54, 1.807) is 12.4 Å². The lowest BCUT2D eigenvalue weighted by Gasteiger charge is -2.15. The zero-order valence-corrected chi connectivity index (χ0v) is 10.4. The van der Waals surface area contributed by atoms with Crippen molar-refractivity contribution in [3.63, 3.8) is 0 Å². The van der Waals surface area contributed by atoms with Crippen molar-refractivity contribution in [3.05, 3.63) is 30.1 Å². The number of hydrogen-bond acceptors (Lipinski definition) is 2. The van der Waals surface area contributed by atoms with E-state index < -0.39 is 0 Å². The van der Waals surface area contributed by atoms with Crippen LogP contribution in [0.1, 0.15) is 45.1 Å². The molecule has 0 aromatic carbocycles. The lowest BCUT2D eigenvalue weighted by molar-refractivity contribution is 0.134. The molecular formula is C14H23NO. The molecule has 1 heterocycles. The maximum atomic E-state index is 9.89. The Bertz CT molecular complexity index is 273. The second kappa shape index (κ2) is 7.39. The zero-order chi connectivity index (χ0) is 11.8. The van der Waals surface area contributed by atoms with Crippen LogP contribution < -0.4 is 0 Å². The average Bonchev–Trinajstić information content (AvgIpc) is 2.28. The molecule has 2 atom stereocenters. The van der Waals surface area contributed by atoms with E-state index in [0.29, 0.717) is 5.92 Å². The van der Waals surface area contributed by atoms with Gasteiger partial charge >= 0.3 is 0 Å². The van der Waals surface area contributed by atoms with E-state index in [2.05, 4.69) is 18.8 Å². The van der Waals surface area contributed by atoms with Crippen molar-refractivity contribution in [2.45, 2.75) is 52.1 Å². The molecule has 0 fully saturated rings. The second-order valence-corrected chi connectivity index (χ2v) is 4.68. The highest BCUT2D eigenvalue weighted by Gasteiger charge is 2.09. The van der Waals surface area contributed by atoms with E-state index in [-0.39, 0.29) is 6.10 Å². The van der Waals surface area contributed by atoms with Gasteiger partial charge in [0.25, 0.3) is 0 Å². The van der Waals surface area contributed by atoms with E-state index >= 15 is 0 Å². The molecule has 0 aliphatic carbocycles. The maximum Gasteiger partial charge on any atom is 0.0546 e. The van der Waals surface area contributed by atoms with Crippen LogP contribution in [0.4, 0.5) is 0 Å². The number of hydrogen-bond donors (Lipinski definition) is 1. The first kappa shape index (κ1) is 13.2. The monoisotopic (exact) mass is 221 g/mol. The minimum absolute atomic E-state index is 0.158. The Morgan fingerprint density at radius 3 is 2.56 bits per heavy atom. The van der Waals surface area contributed by atoms with Crippen molar-refractivity contribution in [2.75, 3.05) is 0 Å². The summed E-state index contributed by atoms with van der Waals surface area (Å²) in [5, 5.41) is 9.89. The summed E-state index contributed by atoms with van der Waals surface area (Å²) < 4.78 is 0. The Labute approximate surface area is 98.7 Å². The van der Waals surface area contributed by atoms with Crippen LogP contribution in [0.5, 0.6) is 0 Å². The minimum atomic E-state index is -0.158. The normalized spacial score (nSPS) is 14.7. The van der Waals surface area contributed by atoms with Crippen LogP contribution in [0.15, 0.2) is 24.5 Å². The number of aliphatic hydroxyl groups is 1. The molecule has 0 saturated heterocycles. The predicted octanol–water partition coefficient (Wildman–Crippen LogP) is 3.20. The van der Waals surface area contributed by atoms with E-state index in [9.17, 15) is 5.11 Å². The SMILES string of the molecule is CCCC(C)CC(O)CCc1ccncc1. The Kier molecular flexibility index (Phi) is 6.09. The van der Waals surface area contributed by atoms with Crippen molar-refractivity contribution in [2.24, 2.45) is 5.92 Å². The van der Waals surface area contributed by atoms with Gasteiger partial charge in [-0.15, -0.1) is 0 Å². The van der Waals surface area contributed by atoms with Crippen LogP contribution in [-0.4, -0.2) is 16.2 Å². The molecule has 0 amide bonds. The van der Waals surface area contributed by atoms with Gasteiger partial charge in [-0.1, -0.05) is 26.7 Å². The molecule has 1 N–H and O–H groups in total. The molecule has 0 bridgehead atoms.